The van der Waals surface area contributed by atoms with Crippen LogP contribution in [0.15, 0.2) is 0 Å². The lowest BCUT2D eigenvalue weighted by atomic mass is 9.93. The lowest BCUT2D eigenvalue weighted by Gasteiger charge is -2.35. The molecule has 0 heterocycles. The fraction of sp³-hybridized carbons (Fsp3) is 1.00. The second kappa shape index (κ2) is 6.54. The Hall–Kier alpha value is -0.0231. The molecule has 0 amide bonds. The first-order valence-electron chi connectivity index (χ1n) is 4.65. The molecule has 0 aromatic heterocycles. The van der Waals surface area contributed by atoms with Gasteiger partial charge in [0.15, 0.2) is 0 Å². The van der Waals surface area contributed by atoms with Gasteiger partial charge in [0.05, 0.1) is 13.2 Å². The molecule has 6 nitrogen and oxygen atoms in total. The lowest BCUT2D eigenvalue weighted by Crippen LogP contribution is -2.52. The first-order chi connectivity index (χ1) is 7.07. The Balaban J connectivity index is 4.74. The average molecular weight is 239 g/mol. The molecule has 0 atom stereocenters. The molecule has 0 fully saturated rings. The van der Waals surface area contributed by atoms with E-state index in [9.17, 15) is 10.2 Å². The normalized spacial score (nSPS) is 13.2. The van der Waals surface area contributed by atoms with Crippen molar-refractivity contribution in [2.24, 2.45) is 11.1 Å². The van der Waals surface area contributed by atoms with Crippen LogP contribution in [0.5, 0.6) is 0 Å². The molecule has 7 heteroatoms. The van der Waals surface area contributed by atoms with Gasteiger partial charge in [0, 0.05) is 39.3 Å². The van der Waals surface area contributed by atoms with Gasteiger partial charge in [-0.1, -0.05) is 0 Å². The molecule has 0 spiro atoms. The van der Waals surface area contributed by atoms with Crippen LogP contribution in [-0.4, -0.2) is 60.1 Å². The second-order valence-electron chi connectivity index (χ2n) is 3.49. The predicted molar refractivity (Wildman–Crippen MR) is 57.2 cm³/mol. The van der Waals surface area contributed by atoms with Crippen LogP contribution in [0.3, 0.4) is 0 Å². The average Bonchev–Trinajstić information content (AvgIpc) is 2.33. The van der Waals surface area contributed by atoms with Gasteiger partial charge < -0.3 is 29.2 Å². The minimum Gasteiger partial charge on any atom is -0.396 e. The highest BCUT2D eigenvalue weighted by Gasteiger charge is 2.46. The number of hydrogen-bond donors (Lipinski definition) is 3. The molecule has 0 saturated carbocycles. The highest BCUT2D eigenvalue weighted by Crippen LogP contribution is 2.28. The number of aliphatic hydroxyl groups is 2. The van der Waals surface area contributed by atoms with E-state index < -0.39 is 14.2 Å². The lowest BCUT2D eigenvalue weighted by molar-refractivity contribution is 0.0453. The van der Waals surface area contributed by atoms with Crippen LogP contribution in [0.2, 0.25) is 6.04 Å². The van der Waals surface area contributed by atoms with Gasteiger partial charge in [-0.2, -0.15) is 0 Å². The third kappa shape index (κ3) is 3.49. The molecule has 0 aromatic carbocycles. The molecule has 0 unspecified atom stereocenters. The van der Waals surface area contributed by atoms with Gasteiger partial charge in [-0.05, 0) is 0 Å². The van der Waals surface area contributed by atoms with Crippen molar-refractivity contribution in [2.45, 2.75) is 6.04 Å². The summed E-state index contributed by atoms with van der Waals surface area (Å²) in [7, 11) is 1.63. The fourth-order valence-corrected chi connectivity index (χ4v) is 3.51. The highest BCUT2D eigenvalue weighted by atomic mass is 28.4. The largest absolute Gasteiger partial charge is 0.500 e. The molecular formula is C8H21NO5Si. The Bertz CT molecular complexity index is 138. The summed E-state index contributed by atoms with van der Waals surface area (Å²) in [5.41, 5.74) is 4.72. The van der Waals surface area contributed by atoms with E-state index in [1.807, 2.05) is 0 Å². The molecule has 0 radical (unpaired) electrons. The Labute approximate surface area is 91.3 Å². The van der Waals surface area contributed by atoms with E-state index >= 15 is 0 Å². The molecule has 4 N–H and O–H groups in total. The molecule has 0 rings (SSSR count). The summed E-state index contributed by atoms with van der Waals surface area (Å²) in [6, 6.07) is 0.285. The van der Waals surface area contributed by atoms with Gasteiger partial charge in [0.2, 0.25) is 0 Å². The number of nitrogens with two attached hydrogens (primary N) is 1. The van der Waals surface area contributed by atoms with Gasteiger partial charge in [-0.3, -0.25) is 0 Å². The standard InChI is InChI=1S/C8H21NO5Si/c1-12-15(13-2,14-3)7-8(4-9,5-10)6-11/h10-11H,4-7,9H2,1-3H3. The number of aliphatic hydroxyl groups excluding tert-OH is 2. The van der Waals surface area contributed by atoms with Crippen molar-refractivity contribution in [1.29, 1.82) is 0 Å². The van der Waals surface area contributed by atoms with Crippen molar-refractivity contribution in [3.63, 3.8) is 0 Å². The summed E-state index contributed by atoms with van der Waals surface area (Å²) < 4.78 is 15.6. The summed E-state index contributed by atoms with van der Waals surface area (Å²) in [6.07, 6.45) is 0. The van der Waals surface area contributed by atoms with E-state index in [-0.39, 0.29) is 25.8 Å². The van der Waals surface area contributed by atoms with Gasteiger partial charge in [-0.15, -0.1) is 0 Å². The van der Waals surface area contributed by atoms with E-state index in [4.69, 9.17) is 19.0 Å². The second-order valence-corrected chi connectivity index (χ2v) is 6.44. The monoisotopic (exact) mass is 239 g/mol. The van der Waals surface area contributed by atoms with E-state index in [0.29, 0.717) is 0 Å². The molecule has 0 saturated heterocycles. The van der Waals surface area contributed by atoms with Crippen LogP contribution < -0.4 is 5.73 Å². The minimum absolute atomic E-state index is 0.144. The summed E-state index contributed by atoms with van der Waals surface area (Å²) in [4.78, 5) is 0. The molecule has 15 heavy (non-hydrogen) atoms. The summed E-state index contributed by atoms with van der Waals surface area (Å²) in [5, 5.41) is 18.5. The Morgan fingerprint density at radius 3 is 1.67 bits per heavy atom. The number of rotatable bonds is 8. The molecule has 0 aliphatic carbocycles. The van der Waals surface area contributed by atoms with E-state index in [1.165, 1.54) is 21.3 Å². The van der Waals surface area contributed by atoms with Crippen molar-refractivity contribution >= 4 is 8.80 Å². The van der Waals surface area contributed by atoms with Gasteiger partial charge in [0.25, 0.3) is 0 Å². The van der Waals surface area contributed by atoms with Gasteiger partial charge in [0.1, 0.15) is 0 Å². The van der Waals surface area contributed by atoms with Crippen LogP contribution in [0, 0.1) is 5.41 Å². The zero-order valence-corrected chi connectivity index (χ0v) is 10.5. The maximum Gasteiger partial charge on any atom is 0.500 e. The van der Waals surface area contributed by atoms with E-state index in [1.54, 1.807) is 0 Å². The molecule has 0 aromatic rings. The topological polar surface area (TPSA) is 94.2 Å². The fourth-order valence-electron chi connectivity index (χ4n) is 1.29. The third-order valence-corrected chi connectivity index (χ3v) is 5.68. The van der Waals surface area contributed by atoms with Gasteiger partial charge in [-0.25, -0.2) is 0 Å². The summed E-state index contributed by atoms with van der Waals surface area (Å²) in [5.74, 6) is 0. The first kappa shape index (κ1) is 15.0. The smallest absolute Gasteiger partial charge is 0.396 e. The SMILES string of the molecule is CO[Si](CC(CN)(CO)CO)(OC)OC. The Morgan fingerprint density at radius 1 is 1.07 bits per heavy atom. The Morgan fingerprint density at radius 2 is 1.47 bits per heavy atom. The zero-order chi connectivity index (χ0) is 11.9. The van der Waals surface area contributed by atoms with Crippen molar-refractivity contribution in [3.05, 3.63) is 0 Å². The first-order valence-corrected chi connectivity index (χ1v) is 6.58. The molecule has 92 valence electrons. The molecule has 0 bridgehead atoms. The quantitative estimate of drug-likeness (QED) is 0.460. The van der Waals surface area contributed by atoms with Crippen LogP contribution in [0.25, 0.3) is 0 Å². The third-order valence-electron chi connectivity index (χ3n) is 2.63. The van der Waals surface area contributed by atoms with E-state index in [2.05, 4.69) is 0 Å². The van der Waals surface area contributed by atoms with Crippen molar-refractivity contribution in [2.75, 3.05) is 41.1 Å². The summed E-state index contributed by atoms with van der Waals surface area (Å²) >= 11 is 0. The van der Waals surface area contributed by atoms with Crippen LogP contribution in [0.4, 0.5) is 0 Å². The predicted octanol–water partition coefficient (Wildman–Crippen LogP) is -1.21. The minimum atomic E-state index is -2.82. The Kier molecular flexibility index (Phi) is 6.53. The summed E-state index contributed by atoms with van der Waals surface area (Å²) in [6.45, 7) is -0.319. The van der Waals surface area contributed by atoms with Crippen molar-refractivity contribution in [3.8, 4) is 0 Å². The maximum absolute atomic E-state index is 9.24. The van der Waals surface area contributed by atoms with Crippen molar-refractivity contribution < 1.29 is 23.5 Å². The van der Waals surface area contributed by atoms with Crippen LogP contribution in [0.1, 0.15) is 0 Å². The molecule has 0 aliphatic rings. The maximum atomic E-state index is 9.24. The van der Waals surface area contributed by atoms with Crippen molar-refractivity contribution in [1.82, 2.24) is 0 Å². The van der Waals surface area contributed by atoms with Crippen LogP contribution in [-0.2, 0) is 13.3 Å². The zero-order valence-electron chi connectivity index (χ0n) is 9.52. The van der Waals surface area contributed by atoms with E-state index in [0.717, 1.165) is 0 Å². The van der Waals surface area contributed by atoms with Gasteiger partial charge >= 0.3 is 8.80 Å². The molecule has 0 aliphatic heterocycles. The highest BCUT2D eigenvalue weighted by molar-refractivity contribution is 6.60. The van der Waals surface area contributed by atoms with Crippen LogP contribution >= 0.6 is 0 Å². The molecular weight excluding hydrogens is 218 g/mol. The number of hydrogen-bond acceptors (Lipinski definition) is 6.